The Morgan fingerprint density at radius 2 is 1.41 bits per heavy atom. The van der Waals surface area contributed by atoms with E-state index in [0.29, 0.717) is 27.6 Å². The number of rotatable bonds is 3. The Kier molecular flexibility index (Phi) is 5.01. The zero-order valence-electron chi connectivity index (χ0n) is 16.9. The van der Waals surface area contributed by atoms with Gasteiger partial charge in [0.05, 0.1) is 11.1 Å². The minimum atomic E-state index is 0.207. The molecule has 0 radical (unpaired) electrons. The first-order chi connectivity index (χ1) is 15.7. The summed E-state index contributed by atoms with van der Waals surface area (Å²) in [7, 11) is 0. The van der Waals surface area contributed by atoms with Crippen molar-refractivity contribution in [2.24, 2.45) is 10.9 Å². The second kappa shape index (κ2) is 8.13. The molecule has 3 aromatic carbocycles. The lowest BCUT2D eigenvalue weighted by molar-refractivity contribution is 0.859. The summed E-state index contributed by atoms with van der Waals surface area (Å²) in [5.41, 5.74) is 11.4. The topological polar surface area (TPSA) is 108 Å². The van der Waals surface area contributed by atoms with Crippen LogP contribution in [0.4, 0.5) is 5.82 Å². The predicted molar refractivity (Wildman–Crippen MR) is 127 cm³/mol. The van der Waals surface area contributed by atoms with Crippen molar-refractivity contribution in [2.75, 3.05) is 5.73 Å². The molecule has 0 spiro atoms. The third kappa shape index (κ3) is 3.34. The minimum Gasteiger partial charge on any atom is -0.384 e. The maximum Gasteiger partial charge on any atom is 0.254 e. The van der Waals surface area contributed by atoms with Crippen LogP contribution in [-0.4, -0.2) is 19.7 Å². The number of benzene rings is 3. The standard InChI is InChI=1S/C24H18ClN7/c25-17-11-13-18(14-12-17)32-22(26)20-19(15-7-3-1-4-8-15)21(16-9-5-2-6-10-16)30-31-23(20)28-24(32)29-27/h1-14H,26-27H2/b29-24-. The Bertz CT molecular complexity index is 1480. The van der Waals surface area contributed by atoms with Gasteiger partial charge < -0.3 is 11.6 Å². The number of nitrogen functional groups attached to an aromatic ring is 1. The van der Waals surface area contributed by atoms with Crippen LogP contribution in [0.15, 0.2) is 90.0 Å². The van der Waals surface area contributed by atoms with E-state index in [0.717, 1.165) is 22.4 Å². The van der Waals surface area contributed by atoms with E-state index in [2.05, 4.69) is 20.3 Å². The highest BCUT2D eigenvalue weighted by atomic mass is 35.5. The molecule has 0 saturated carbocycles. The first kappa shape index (κ1) is 19.7. The number of halogens is 1. The molecular weight excluding hydrogens is 422 g/mol. The fourth-order valence-electron chi connectivity index (χ4n) is 3.73. The number of fused-ring (bicyclic) bond motifs is 1. The number of aromatic nitrogens is 4. The van der Waals surface area contributed by atoms with E-state index in [-0.39, 0.29) is 5.62 Å². The average molecular weight is 440 g/mol. The third-order valence-corrected chi connectivity index (χ3v) is 5.42. The van der Waals surface area contributed by atoms with Crippen molar-refractivity contribution in [3.05, 3.63) is 95.6 Å². The van der Waals surface area contributed by atoms with Gasteiger partial charge in [0.15, 0.2) is 5.65 Å². The lowest BCUT2D eigenvalue weighted by Gasteiger charge is -2.17. The first-order valence-electron chi connectivity index (χ1n) is 9.87. The quantitative estimate of drug-likeness (QED) is 0.324. The molecule has 8 heteroatoms. The second-order valence-corrected chi connectivity index (χ2v) is 7.53. The average Bonchev–Trinajstić information content (AvgIpc) is 2.85. The number of nitrogens with zero attached hydrogens (tertiary/aromatic N) is 5. The van der Waals surface area contributed by atoms with E-state index in [1.165, 1.54) is 0 Å². The molecule has 0 unspecified atom stereocenters. The zero-order valence-corrected chi connectivity index (χ0v) is 17.6. The summed E-state index contributed by atoms with van der Waals surface area (Å²) in [4.78, 5) is 4.56. The van der Waals surface area contributed by atoms with Crippen LogP contribution in [0.2, 0.25) is 5.02 Å². The van der Waals surface area contributed by atoms with Crippen molar-refractivity contribution in [1.29, 1.82) is 0 Å². The van der Waals surface area contributed by atoms with Crippen LogP contribution in [0, 0.1) is 0 Å². The van der Waals surface area contributed by atoms with Gasteiger partial charge in [-0.25, -0.2) is 0 Å². The van der Waals surface area contributed by atoms with Gasteiger partial charge >= 0.3 is 0 Å². The van der Waals surface area contributed by atoms with Gasteiger partial charge in [-0.2, -0.15) is 4.98 Å². The van der Waals surface area contributed by atoms with Crippen molar-refractivity contribution >= 4 is 28.5 Å². The van der Waals surface area contributed by atoms with E-state index < -0.39 is 0 Å². The molecule has 2 heterocycles. The molecule has 5 aromatic rings. The van der Waals surface area contributed by atoms with Gasteiger partial charge in [-0.3, -0.25) is 4.57 Å². The van der Waals surface area contributed by atoms with Crippen LogP contribution < -0.4 is 17.2 Å². The summed E-state index contributed by atoms with van der Waals surface area (Å²) < 4.78 is 1.68. The molecule has 156 valence electrons. The van der Waals surface area contributed by atoms with Crippen molar-refractivity contribution in [2.45, 2.75) is 0 Å². The summed E-state index contributed by atoms with van der Waals surface area (Å²) >= 11 is 6.08. The summed E-state index contributed by atoms with van der Waals surface area (Å²) in [6.45, 7) is 0. The van der Waals surface area contributed by atoms with Gasteiger partial charge in [-0.15, -0.1) is 15.3 Å². The molecule has 0 bridgehead atoms. The molecule has 5 rings (SSSR count). The Hall–Kier alpha value is -4.23. The van der Waals surface area contributed by atoms with Crippen LogP contribution in [-0.2, 0) is 0 Å². The molecule has 32 heavy (non-hydrogen) atoms. The normalized spacial score (nSPS) is 11.7. The van der Waals surface area contributed by atoms with Crippen molar-refractivity contribution in [1.82, 2.24) is 19.7 Å². The maximum atomic E-state index is 6.76. The van der Waals surface area contributed by atoms with Gasteiger partial charge in [-0.1, -0.05) is 72.3 Å². The van der Waals surface area contributed by atoms with Gasteiger partial charge in [0.1, 0.15) is 11.5 Å². The summed E-state index contributed by atoms with van der Waals surface area (Å²) in [6.07, 6.45) is 0. The lowest BCUT2D eigenvalue weighted by atomic mass is 9.97. The van der Waals surface area contributed by atoms with Gasteiger partial charge in [-0.05, 0) is 29.8 Å². The van der Waals surface area contributed by atoms with Crippen LogP contribution in [0.1, 0.15) is 0 Å². The number of hydrogen-bond donors (Lipinski definition) is 2. The van der Waals surface area contributed by atoms with E-state index in [1.54, 1.807) is 16.7 Å². The monoisotopic (exact) mass is 439 g/mol. The van der Waals surface area contributed by atoms with E-state index in [1.807, 2.05) is 72.8 Å². The van der Waals surface area contributed by atoms with Crippen LogP contribution in [0.5, 0.6) is 0 Å². The van der Waals surface area contributed by atoms with Crippen molar-refractivity contribution in [3.63, 3.8) is 0 Å². The maximum absolute atomic E-state index is 6.76. The van der Waals surface area contributed by atoms with Crippen molar-refractivity contribution < 1.29 is 0 Å². The van der Waals surface area contributed by atoms with Crippen LogP contribution >= 0.6 is 11.6 Å². The fourth-order valence-corrected chi connectivity index (χ4v) is 3.85. The van der Waals surface area contributed by atoms with E-state index in [9.17, 15) is 0 Å². The predicted octanol–water partition coefficient (Wildman–Crippen LogP) is 4.16. The van der Waals surface area contributed by atoms with Gasteiger partial charge in [0.2, 0.25) is 0 Å². The number of hydrogen-bond acceptors (Lipinski definition) is 6. The third-order valence-electron chi connectivity index (χ3n) is 5.17. The highest BCUT2D eigenvalue weighted by Gasteiger charge is 2.20. The summed E-state index contributed by atoms with van der Waals surface area (Å²) in [5, 5.41) is 14.0. The molecule has 0 amide bonds. The highest BCUT2D eigenvalue weighted by Crippen LogP contribution is 2.37. The van der Waals surface area contributed by atoms with E-state index in [4.69, 9.17) is 23.2 Å². The van der Waals surface area contributed by atoms with Gasteiger partial charge in [0.25, 0.3) is 5.62 Å². The van der Waals surface area contributed by atoms with Crippen LogP contribution in [0.25, 0.3) is 39.1 Å². The smallest absolute Gasteiger partial charge is 0.254 e. The number of nitrogens with two attached hydrogens (primary N) is 2. The number of anilines is 1. The second-order valence-electron chi connectivity index (χ2n) is 7.09. The van der Waals surface area contributed by atoms with Gasteiger partial charge in [0, 0.05) is 16.1 Å². The van der Waals surface area contributed by atoms with Crippen LogP contribution in [0.3, 0.4) is 0 Å². The lowest BCUT2D eigenvalue weighted by Crippen LogP contribution is -2.28. The molecule has 7 nitrogen and oxygen atoms in total. The Balaban J connectivity index is 1.94. The Labute approximate surface area is 188 Å². The molecule has 0 fully saturated rings. The molecule has 0 saturated heterocycles. The Morgan fingerprint density at radius 1 is 0.781 bits per heavy atom. The molecule has 4 N–H and O–H groups in total. The minimum absolute atomic E-state index is 0.207. The first-order valence-corrected chi connectivity index (χ1v) is 10.2. The SMILES string of the molecule is N/N=c1/nc2nnc(-c3ccccc3)c(-c3ccccc3)c2c(N)n1-c1ccc(Cl)cc1. The molecule has 2 aromatic heterocycles. The largest absolute Gasteiger partial charge is 0.384 e. The van der Waals surface area contributed by atoms with Crippen molar-refractivity contribution in [3.8, 4) is 28.1 Å². The zero-order chi connectivity index (χ0) is 22.1. The fraction of sp³-hybridized carbons (Fsp3) is 0. The highest BCUT2D eigenvalue weighted by molar-refractivity contribution is 6.30. The van der Waals surface area contributed by atoms with E-state index >= 15 is 0 Å². The molecule has 0 aliphatic carbocycles. The molecule has 0 atom stereocenters. The Morgan fingerprint density at radius 3 is 2.03 bits per heavy atom. The summed E-state index contributed by atoms with van der Waals surface area (Å²) in [6, 6.07) is 27.0. The molecule has 0 aliphatic rings. The molecule has 0 aliphatic heterocycles. The summed E-state index contributed by atoms with van der Waals surface area (Å²) in [5.74, 6) is 6.06. The molecular formula is C24H18ClN7.